The first kappa shape index (κ1) is 19.0. The van der Waals surface area contributed by atoms with Crippen LogP contribution in [-0.4, -0.2) is 73.4 Å². The molecule has 1 rings (SSSR count). The number of likely N-dealkylation sites (N-methyl/N-ethyl adjacent to an activating group) is 1. The van der Waals surface area contributed by atoms with Crippen LogP contribution < -0.4 is 0 Å². The van der Waals surface area contributed by atoms with Gasteiger partial charge in [-0.15, -0.1) is 6.42 Å². The summed E-state index contributed by atoms with van der Waals surface area (Å²) in [6.07, 6.45) is 6.67. The van der Waals surface area contributed by atoms with Crippen molar-refractivity contribution in [2.45, 2.75) is 12.8 Å². The molecule has 8 nitrogen and oxygen atoms in total. The average Bonchev–Trinajstić information content (AvgIpc) is 3.11. The van der Waals surface area contributed by atoms with Crippen LogP contribution in [0.2, 0.25) is 0 Å². The van der Waals surface area contributed by atoms with Crippen molar-refractivity contribution in [3.63, 3.8) is 0 Å². The Morgan fingerprint density at radius 1 is 1.04 bits per heavy atom. The molecule has 0 aromatic heterocycles. The third kappa shape index (κ3) is 6.01. The van der Waals surface area contributed by atoms with E-state index in [-0.39, 0.29) is 19.8 Å². The van der Waals surface area contributed by atoms with E-state index in [1.807, 2.05) is 0 Å². The number of likely N-dealkylation sites (tertiary alicyclic amines) is 1. The van der Waals surface area contributed by atoms with Gasteiger partial charge in [0.1, 0.15) is 0 Å². The van der Waals surface area contributed by atoms with Gasteiger partial charge in [-0.2, -0.15) is 0 Å². The first-order valence-electron chi connectivity index (χ1n) is 7.24. The zero-order valence-electron chi connectivity index (χ0n) is 13.4. The van der Waals surface area contributed by atoms with Gasteiger partial charge in [0.2, 0.25) is 0 Å². The molecule has 0 aliphatic carbocycles. The Balaban J connectivity index is 2.29. The van der Waals surface area contributed by atoms with Gasteiger partial charge in [0, 0.05) is 20.1 Å². The molecule has 0 aromatic rings. The molecule has 8 heteroatoms. The molecule has 0 bridgehead atoms. The van der Waals surface area contributed by atoms with Crippen LogP contribution >= 0.6 is 0 Å². The van der Waals surface area contributed by atoms with Crippen molar-refractivity contribution >= 4 is 23.8 Å². The smallest absolute Gasteiger partial charge is 0.398 e. The van der Waals surface area contributed by atoms with Gasteiger partial charge < -0.3 is 19.3 Å². The number of carbonyl (C=O) groups is 4. The third-order valence-electron chi connectivity index (χ3n) is 3.09. The fourth-order valence-corrected chi connectivity index (χ4v) is 1.83. The maximum Gasteiger partial charge on any atom is 0.398 e. The zero-order chi connectivity index (χ0) is 17.9. The number of hydrogen-bond acceptors (Lipinski definition) is 6. The number of amides is 2. The van der Waals surface area contributed by atoms with Gasteiger partial charge in [-0.05, 0) is 12.8 Å². The minimum atomic E-state index is -1.07. The van der Waals surface area contributed by atoms with Crippen LogP contribution in [0.15, 0.2) is 0 Å². The molecule has 0 unspecified atom stereocenters. The Bertz CT molecular complexity index is 604. The number of ether oxygens (including phenoxy) is 2. The summed E-state index contributed by atoms with van der Waals surface area (Å²) in [6.45, 7) is 0.485. The van der Waals surface area contributed by atoms with Crippen molar-refractivity contribution in [1.82, 2.24) is 9.80 Å². The fraction of sp³-hybridized carbons (Fsp3) is 0.500. The van der Waals surface area contributed by atoms with E-state index in [2.05, 4.69) is 22.5 Å². The number of terminal acetylenes is 1. The topological polar surface area (TPSA) is 93.2 Å². The van der Waals surface area contributed by atoms with E-state index < -0.39 is 23.8 Å². The zero-order valence-corrected chi connectivity index (χ0v) is 13.4. The molecule has 1 heterocycles. The molecule has 2 amide bonds. The molecule has 0 saturated carbocycles. The molecule has 1 saturated heterocycles. The first-order valence-corrected chi connectivity index (χ1v) is 7.24. The summed E-state index contributed by atoms with van der Waals surface area (Å²) >= 11 is 0. The highest BCUT2D eigenvalue weighted by atomic mass is 16.5. The Morgan fingerprint density at radius 3 is 2.29 bits per heavy atom. The van der Waals surface area contributed by atoms with E-state index in [0.717, 1.165) is 17.7 Å². The van der Waals surface area contributed by atoms with Gasteiger partial charge in [0.15, 0.2) is 13.2 Å². The van der Waals surface area contributed by atoms with Gasteiger partial charge in [-0.1, -0.05) is 17.8 Å². The van der Waals surface area contributed by atoms with Gasteiger partial charge in [0.05, 0.1) is 6.54 Å². The summed E-state index contributed by atoms with van der Waals surface area (Å²) in [7, 11) is 1.36. The molecule has 128 valence electrons. The van der Waals surface area contributed by atoms with Crippen LogP contribution in [0.5, 0.6) is 0 Å². The van der Waals surface area contributed by atoms with Gasteiger partial charge in [0.25, 0.3) is 0 Å². The lowest BCUT2D eigenvalue weighted by Gasteiger charge is -2.13. The largest absolute Gasteiger partial charge is 0.445 e. The normalized spacial score (nSPS) is 12.4. The second-order valence-electron chi connectivity index (χ2n) is 4.87. The highest BCUT2D eigenvalue weighted by Gasteiger charge is 2.25. The molecule has 0 radical (unpaired) electrons. The maximum atomic E-state index is 11.7. The number of carbonyl (C=O) groups excluding carboxylic acids is 4. The maximum absolute atomic E-state index is 11.7. The highest BCUT2D eigenvalue weighted by molar-refractivity contribution is 6.32. The summed E-state index contributed by atoms with van der Waals surface area (Å²) in [5.74, 6) is 3.53. The Labute approximate surface area is 140 Å². The minimum Gasteiger partial charge on any atom is -0.445 e. The molecular weight excluding hydrogens is 316 g/mol. The van der Waals surface area contributed by atoms with Crippen molar-refractivity contribution in [2.75, 3.05) is 39.9 Å². The van der Waals surface area contributed by atoms with E-state index in [9.17, 15) is 19.2 Å². The number of hydrogen-bond donors (Lipinski definition) is 0. The van der Waals surface area contributed by atoms with E-state index in [0.29, 0.717) is 13.1 Å². The second kappa shape index (κ2) is 9.90. The summed E-state index contributed by atoms with van der Waals surface area (Å²) in [5, 5.41) is 0. The molecule has 0 N–H and O–H groups in total. The molecule has 1 fully saturated rings. The summed E-state index contributed by atoms with van der Waals surface area (Å²) < 4.78 is 9.22. The Hall–Kier alpha value is -3.00. The SMILES string of the molecule is C#CCOC(=O)C(=O)N(C)CC#CCOC(=O)C(=O)N1CCCC1. The predicted molar refractivity (Wildman–Crippen MR) is 82.0 cm³/mol. The van der Waals surface area contributed by atoms with E-state index in [1.165, 1.54) is 11.9 Å². The predicted octanol–water partition coefficient (Wildman–Crippen LogP) is -1.21. The van der Waals surface area contributed by atoms with Gasteiger partial charge in [-0.25, -0.2) is 9.59 Å². The van der Waals surface area contributed by atoms with E-state index in [4.69, 9.17) is 11.2 Å². The van der Waals surface area contributed by atoms with E-state index >= 15 is 0 Å². The van der Waals surface area contributed by atoms with Crippen LogP contribution in [0.1, 0.15) is 12.8 Å². The number of esters is 2. The van der Waals surface area contributed by atoms with Crippen LogP contribution in [0.25, 0.3) is 0 Å². The number of nitrogens with zero attached hydrogens (tertiary/aromatic N) is 2. The minimum absolute atomic E-state index is 0.0678. The highest BCUT2D eigenvalue weighted by Crippen LogP contribution is 2.07. The molecule has 0 atom stereocenters. The molecule has 0 aromatic carbocycles. The van der Waals surface area contributed by atoms with Crippen LogP contribution in [0, 0.1) is 24.2 Å². The van der Waals surface area contributed by atoms with Gasteiger partial charge in [-0.3, -0.25) is 9.59 Å². The third-order valence-corrected chi connectivity index (χ3v) is 3.09. The van der Waals surface area contributed by atoms with Crippen molar-refractivity contribution in [1.29, 1.82) is 0 Å². The summed E-state index contributed by atoms with van der Waals surface area (Å²) in [6, 6.07) is 0. The molecule has 1 aliphatic heterocycles. The Morgan fingerprint density at radius 2 is 1.67 bits per heavy atom. The lowest BCUT2D eigenvalue weighted by molar-refractivity contribution is -0.158. The molecule has 1 aliphatic rings. The van der Waals surface area contributed by atoms with Crippen molar-refractivity contribution in [3.05, 3.63) is 0 Å². The lowest BCUT2D eigenvalue weighted by Crippen LogP contribution is -2.35. The van der Waals surface area contributed by atoms with E-state index in [1.54, 1.807) is 0 Å². The summed E-state index contributed by atoms with van der Waals surface area (Å²) in [5.41, 5.74) is 0. The molecule has 24 heavy (non-hydrogen) atoms. The van der Waals surface area contributed by atoms with Crippen LogP contribution in [-0.2, 0) is 28.7 Å². The van der Waals surface area contributed by atoms with Crippen LogP contribution in [0.3, 0.4) is 0 Å². The lowest BCUT2D eigenvalue weighted by atomic mass is 10.4. The van der Waals surface area contributed by atoms with Crippen molar-refractivity contribution < 1.29 is 28.7 Å². The monoisotopic (exact) mass is 334 g/mol. The fourth-order valence-electron chi connectivity index (χ4n) is 1.83. The Kier molecular flexibility index (Phi) is 7.86. The number of rotatable bonds is 3. The molecule has 0 spiro atoms. The van der Waals surface area contributed by atoms with Crippen molar-refractivity contribution in [2.24, 2.45) is 0 Å². The first-order chi connectivity index (χ1) is 11.5. The quantitative estimate of drug-likeness (QED) is 0.365. The second-order valence-corrected chi connectivity index (χ2v) is 4.87. The van der Waals surface area contributed by atoms with Crippen molar-refractivity contribution in [3.8, 4) is 24.2 Å². The van der Waals surface area contributed by atoms with Gasteiger partial charge >= 0.3 is 23.8 Å². The summed E-state index contributed by atoms with van der Waals surface area (Å²) in [4.78, 5) is 48.4. The standard InChI is InChI=1S/C16H18N2O6/c1-3-11-23-15(21)13(19)17(2)8-6-7-12-24-16(22)14(20)18-9-4-5-10-18/h1H,4-5,8-12H2,2H3. The average molecular weight is 334 g/mol. The van der Waals surface area contributed by atoms with Crippen LogP contribution in [0.4, 0.5) is 0 Å². The molecular formula is C16H18N2O6.